The summed E-state index contributed by atoms with van der Waals surface area (Å²) in [5.41, 5.74) is 6.18. The van der Waals surface area contributed by atoms with Gasteiger partial charge in [0.15, 0.2) is 0 Å². The Morgan fingerprint density at radius 2 is 1.91 bits per heavy atom. The summed E-state index contributed by atoms with van der Waals surface area (Å²) in [5.74, 6) is -1.35. The highest BCUT2D eigenvalue weighted by atomic mass is 19.1. The van der Waals surface area contributed by atoms with E-state index in [9.17, 15) is 14.0 Å². The van der Waals surface area contributed by atoms with Crippen molar-refractivity contribution in [2.24, 2.45) is 0 Å². The lowest BCUT2D eigenvalue weighted by Gasteiger charge is -2.09. The second kappa shape index (κ2) is 5.88. The van der Waals surface area contributed by atoms with E-state index in [1.165, 1.54) is 12.1 Å². The number of fused-ring (bicyclic) bond motifs is 1. The minimum atomic E-state index is -0.499. The average molecular weight is 312 g/mol. The van der Waals surface area contributed by atoms with Crippen LogP contribution >= 0.6 is 0 Å². The maximum absolute atomic E-state index is 13.2. The molecule has 0 unspecified atom stereocenters. The van der Waals surface area contributed by atoms with Crippen LogP contribution in [-0.4, -0.2) is 21.8 Å². The van der Waals surface area contributed by atoms with Gasteiger partial charge in [-0.2, -0.15) is 0 Å². The summed E-state index contributed by atoms with van der Waals surface area (Å²) in [7, 11) is 0. The fourth-order valence-electron chi connectivity index (χ4n) is 2.19. The van der Waals surface area contributed by atoms with Gasteiger partial charge in [-0.05, 0) is 37.3 Å². The van der Waals surface area contributed by atoms with Crippen molar-refractivity contribution in [1.29, 1.82) is 0 Å². The summed E-state index contributed by atoms with van der Waals surface area (Å²) in [4.78, 5) is 30.9. The summed E-state index contributed by atoms with van der Waals surface area (Å²) in [6.07, 6.45) is 1.60. The molecular formula is C16H13FN4O2. The Hall–Kier alpha value is -3.22. The van der Waals surface area contributed by atoms with E-state index in [2.05, 4.69) is 20.8 Å². The first-order valence-corrected chi connectivity index (χ1v) is 6.85. The zero-order valence-corrected chi connectivity index (χ0v) is 12.2. The predicted molar refractivity (Wildman–Crippen MR) is 82.2 cm³/mol. The number of amides is 2. The lowest BCUT2D eigenvalue weighted by Crippen LogP contribution is -2.42. The molecule has 3 rings (SSSR count). The monoisotopic (exact) mass is 312 g/mol. The topological polar surface area (TPSA) is 86.9 Å². The highest BCUT2D eigenvalue weighted by Crippen LogP contribution is 2.17. The van der Waals surface area contributed by atoms with Crippen LogP contribution in [0.15, 0.2) is 42.6 Å². The Bertz CT molecular complexity index is 890. The number of hydrogen-bond donors (Lipinski definition) is 3. The van der Waals surface area contributed by atoms with E-state index in [1.807, 2.05) is 0 Å². The molecule has 0 saturated carbocycles. The van der Waals surface area contributed by atoms with Crippen molar-refractivity contribution in [3.8, 4) is 0 Å². The van der Waals surface area contributed by atoms with Crippen LogP contribution in [0.25, 0.3) is 10.9 Å². The average Bonchev–Trinajstić information content (AvgIpc) is 3.06. The van der Waals surface area contributed by atoms with Gasteiger partial charge in [-0.25, -0.2) is 4.39 Å². The quantitative estimate of drug-likeness (QED) is 0.633. The molecule has 0 aliphatic rings. The van der Waals surface area contributed by atoms with Crippen LogP contribution in [0.1, 0.15) is 26.5 Å². The standard InChI is InChI=1S/C16H13FN4O2/c1-9-12(7-10-4-5-11(17)8-14(10)19-9)15(22)20-21-16(23)13-3-2-6-18-13/h2-8,18H,1H3,(H,20,22)(H,21,23). The van der Waals surface area contributed by atoms with Crippen LogP contribution in [-0.2, 0) is 0 Å². The van der Waals surface area contributed by atoms with E-state index in [0.717, 1.165) is 0 Å². The Labute approximate surface area is 130 Å². The molecule has 0 atom stereocenters. The molecule has 1 aromatic carbocycles. The van der Waals surface area contributed by atoms with E-state index in [-0.39, 0.29) is 5.82 Å². The molecule has 0 radical (unpaired) electrons. The number of nitrogens with one attached hydrogen (secondary N) is 3. The number of rotatable bonds is 2. The number of nitrogens with zero attached hydrogens (tertiary/aromatic N) is 1. The number of carbonyl (C=O) groups excluding carboxylic acids is 2. The highest BCUT2D eigenvalue weighted by Gasteiger charge is 2.13. The van der Waals surface area contributed by atoms with Crippen molar-refractivity contribution in [1.82, 2.24) is 20.8 Å². The van der Waals surface area contributed by atoms with Crippen LogP contribution in [0.3, 0.4) is 0 Å². The molecule has 2 heterocycles. The maximum Gasteiger partial charge on any atom is 0.286 e. The molecule has 0 aliphatic heterocycles. The summed E-state index contributed by atoms with van der Waals surface area (Å²) in [6.45, 7) is 1.64. The van der Waals surface area contributed by atoms with E-state index < -0.39 is 11.8 Å². The number of halogens is 1. The Kier molecular flexibility index (Phi) is 3.76. The van der Waals surface area contributed by atoms with E-state index in [4.69, 9.17) is 0 Å². The number of aromatic amines is 1. The van der Waals surface area contributed by atoms with Gasteiger partial charge in [0.1, 0.15) is 11.5 Å². The number of hydrazine groups is 1. The molecule has 0 bridgehead atoms. The highest BCUT2D eigenvalue weighted by molar-refractivity contribution is 6.00. The van der Waals surface area contributed by atoms with Crippen LogP contribution in [0.5, 0.6) is 0 Å². The molecule has 0 saturated heterocycles. The van der Waals surface area contributed by atoms with Crippen LogP contribution in [0.2, 0.25) is 0 Å². The lowest BCUT2D eigenvalue weighted by atomic mass is 10.1. The van der Waals surface area contributed by atoms with Crippen molar-refractivity contribution in [2.45, 2.75) is 6.92 Å². The number of pyridine rings is 1. The number of aromatic nitrogens is 2. The fraction of sp³-hybridized carbons (Fsp3) is 0.0625. The SMILES string of the molecule is Cc1nc2cc(F)ccc2cc1C(=O)NNC(=O)c1ccc[nH]1. The zero-order valence-electron chi connectivity index (χ0n) is 12.2. The van der Waals surface area contributed by atoms with Crippen molar-refractivity contribution in [2.75, 3.05) is 0 Å². The van der Waals surface area contributed by atoms with Crippen molar-refractivity contribution in [3.63, 3.8) is 0 Å². The number of carbonyl (C=O) groups is 2. The first kappa shape index (κ1) is 14.7. The van der Waals surface area contributed by atoms with Crippen molar-refractivity contribution in [3.05, 3.63) is 65.4 Å². The summed E-state index contributed by atoms with van der Waals surface area (Å²) in [5, 5.41) is 0.637. The van der Waals surface area contributed by atoms with Gasteiger partial charge in [0.25, 0.3) is 11.8 Å². The Balaban J connectivity index is 1.79. The first-order chi connectivity index (χ1) is 11.0. The number of hydrogen-bond acceptors (Lipinski definition) is 3. The molecule has 0 spiro atoms. The van der Waals surface area contributed by atoms with E-state index in [1.54, 1.807) is 37.4 Å². The smallest absolute Gasteiger partial charge is 0.286 e. The maximum atomic E-state index is 13.2. The third kappa shape index (κ3) is 3.03. The van der Waals surface area contributed by atoms with Crippen molar-refractivity contribution < 1.29 is 14.0 Å². The third-order valence-electron chi connectivity index (χ3n) is 3.35. The molecule has 23 heavy (non-hydrogen) atoms. The van der Waals surface area contributed by atoms with Gasteiger partial charge >= 0.3 is 0 Å². The molecule has 3 N–H and O–H groups in total. The second-order valence-electron chi connectivity index (χ2n) is 4.95. The number of benzene rings is 1. The van der Waals surface area contributed by atoms with Gasteiger partial charge in [-0.15, -0.1) is 0 Å². The molecule has 0 aliphatic carbocycles. The van der Waals surface area contributed by atoms with Gasteiger partial charge in [0.05, 0.1) is 16.8 Å². The van der Waals surface area contributed by atoms with Gasteiger partial charge in [-0.1, -0.05) is 0 Å². The largest absolute Gasteiger partial charge is 0.357 e. The zero-order chi connectivity index (χ0) is 16.4. The molecule has 3 aromatic rings. The Morgan fingerprint density at radius 3 is 2.65 bits per heavy atom. The molecule has 0 fully saturated rings. The number of H-pyrrole nitrogens is 1. The molecule has 2 aromatic heterocycles. The van der Waals surface area contributed by atoms with E-state index in [0.29, 0.717) is 27.9 Å². The van der Waals surface area contributed by atoms with Gasteiger partial charge < -0.3 is 4.98 Å². The van der Waals surface area contributed by atoms with E-state index >= 15 is 0 Å². The molecule has 116 valence electrons. The van der Waals surface area contributed by atoms with Crippen LogP contribution < -0.4 is 10.9 Å². The van der Waals surface area contributed by atoms with Gasteiger partial charge in [-0.3, -0.25) is 25.4 Å². The molecular weight excluding hydrogens is 299 g/mol. The summed E-state index contributed by atoms with van der Waals surface area (Å²) >= 11 is 0. The third-order valence-corrected chi connectivity index (χ3v) is 3.35. The normalized spacial score (nSPS) is 10.5. The lowest BCUT2D eigenvalue weighted by molar-refractivity contribution is 0.0844. The van der Waals surface area contributed by atoms with Crippen LogP contribution in [0.4, 0.5) is 4.39 Å². The van der Waals surface area contributed by atoms with Gasteiger partial charge in [0.2, 0.25) is 0 Å². The first-order valence-electron chi connectivity index (χ1n) is 6.85. The van der Waals surface area contributed by atoms with Gasteiger partial charge in [0, 0.05) is 17.6 Å². The van der Waals surface area contributed by atoms with Crippen molar-refractivity contribution >= 4 is 22.7 Å². The summed E-state index contributed by atoms with van der Waals surface area (Å²) < 4.78 is 13.2. The molecule has 6 nitrogen and oxygen atoms in total. The molecule has 2 amide bonds. The Morgan fingerprint density at radius 1 is 1.13 bits per heavy atom. The minimum Gasteiger partial charge on any atom is -0.357 e. The van der Waals surface area contributed by atoms with Crippen LogP contribution in [0, 0.1) is 12.7 Å². The second-order valence-corrected chi connectivity index (χ2v) is 4.95. The number of aryl methyl sites for hydroxylation is 1. The fourth-order valence-corrected chi connectivity index (χ4v) is 2.19. The minimum absolute atomic E-state index is 0.302. The summed E-state index contributed by atoms with van der Waals surface area (Å²) in [6, 6.07) is 9.01. The predicted octanol–water partition coefficient (Wildman–Crippen LogP) is 2.09. The molecule has 7 heteroatoms.